The minimum absolute atomic E-state index is 0.171. The zero-order chi connectivity index (χ0) is 17.3. The highest BCUT2D eigenvalue weighted by atomic mass is 16.6. The summed E-state index contributed by atoms with van der Waals surface area (Å²) < 4.78 is 5.45. The molecule has 1 heterocycles. The van der Waals surface area contributed by atoms with Crippen LogP contribution in [0.2, 0.25) is 0 Å². The lowest BCUT2D eigenvalue weighted by atomic mass is 9.86. The van der Waals surface area contributed by atoms with Crippen LogP contribution in [0.15, 0.2) is 0 Å². The standard InChI is InChI=1S/C17H32N2O3/c1-9-16(7)11-13(20)19(14(21)22-15(4,5)6)12(3)17(8,10-2)18-16/h12,18H,9-11H2,1-8H3. The van der Waals surface area contributed by atoms with Crippen LogP contribution in [0.1, 0.15) is 74.7 Å². The molecular weight excluding hydrogens is 280 g/mol. The summed E-state index contributed by atoms with van der Waals surface area (Å²) in [5.41, 5.74) is -1.27. The molecule has 5 nitrogen and oxygen atoms in total. The third-order valence-electron chi connectivity index (χ3n) is 4.81. The van der Waals surface area contributed by atoms with Crippen LogP contribution in [0.4, 0.5) is 4.79 Å². The highest BCUT2D eigenvalue weighted by molar-refractivity contribution is 5.93. The summed E-state index contributed by atoms with van der Waals surface area (Å²) in [5, 5.41) is 3.63. The Morgan fingerprint density at radius 2 is 1.86 bits per heavy atom. The molecule has 1 rings (SSSR count). The Labute approximate surface area is 134 Å². The van der Waals surface area contributed by atoms with Crippen molar-refractivity contribution in [3.8, 4) is 0 Å². The second-order valence-electron chi connectivity index (χ2n) is 7.91. The minimum atomic E-state index is -0.618. The molecule has 0 aromatic carbocycles. The van der Waals surface area contributed by atoms with Gasteiger partial charge in [-0.3, -0.25) is 4.79 Å². The molecule has 0 saturated carbocycles. The molecule has 1 saturated heterocycles. The number of nitrogens with one attached hydrogen (secondary N) is 1. The van der Waals surface area contributed by atoms with Crippen LogP contribution in [0.25, 0.3) is 0 Å². The van der Waals surface area contributed by atoms with Gasteiger partial charge in [0.1, 0.15) is 5.60 Å². The highest BCUT2D eigenvalue weighted by Crippen LogP contribution is 2.32. The molecule has 128 valence electrons. The van der Waals surface area contributed by atoms with E-state index in [0.717, 1.165) is 12.8 Å². The molecule has 5 heteroatoms. The maximum atomic E-state index is 12.7. The molecule has 0 radical (unpaired) electrons. The number of carbonyl (C=O) groups excluding carboxylic acids is 2. The van der Waals surface area contributed by atoms with Gasteiger partial charge in [-0.1, -0.05) is 13.8 Å². The van der Waals surface area contributed by atoms with Gasteiger partial charge in [-0.05, 0) is 54.4 Å². The van der Waals surface area contributed by atoms with Gasteiger partial charge in [0.2, 0.25) is 5.91 Å². The van der Waals surface area contributed by atoms with E-state index in [2.05, 4.69) is 26.1 Å². The number of nitrogens with zero attached hydrogens (tertiary/aromatic N) is 1. The van der Waals surface area contributed by atoms with Gasteiger partial charge >= 0.3 is 6.09 Å². The first-order valence-corrected chi connectivity index (χ1v) is 8.22. The first-order valence-electron chi connectivity index (χ1n) is 8.22. The summed E-state index contributed by atoms with van der Waals surface area (Å²) in [7, 11) is 0. The van der Waals surface area contributed by atoms with Gasteiger partial charge in [0, 0.05) is 17.5 Å². The Kier molecular flexibility index (Phi) is 5.33. The Balaban J connectivity index is 3.21. The average molecular weight is 312 g/mol. The molecule has 0 bridgehead atoms. The predicted molar refractivity (Wildman–Crippen MR) is 87.7 cm³/mol. The van der Waals surface area contributed by atoms with E-state index in [1.165, 1.54) is 4.90 Å². The summed E-state index contributed by atoms with van der Waals surface area (Å²) >= 11 is 0. The molecule has 0 aromatic heterocycles. The summed E-state index contributed by atoms with van der Waals surface area (Å²) in [6, 6.07) is -0.270. The molecule has 1 fully saturated rings. The Hall–Kier alpha value is -1.10. The van der Waals surface area contributed by atoms with Gasteiger partial charge in [0.15, 0.2) is 0 Å². The number of ether oxygens (including phenoxy) is 1. The van der Waals surface area contributed by atoms with E-state index < -0.39 is 11.7 Å². The van der Waals surface area contributed by atoms with Gasteiger partial charge in [-0.2, -0.15) is 0 Å². The van der Waals surface area contributed by atoms with E-state index in [1.807, 2.05) is 34.6 Å². The highest BCUT2D eigenvalue weighted by Gasteiger charge is 2.48. The van der Waals surface area contributed by atoms with Gasteiger partial charge in [0.05, 0.1) is 6.04 Å². The first kappa shape index (κ1) is 18.9. The van der Waals surface area contributed by atoms with Crippen molar-refractivity contribution in [2.45, 2.75) is 97.4 Å². The largest absolute Gasteiger partial charge is 0.443 e. The summed E-state index contributed by atoms with van der Waals surface area (Å²) in [5.74, 6) is -0.171. The number of amides is 2. The molecule has 22 heavy (non-hydrogen) atoms. The van der Waals surface area contributed by atoms with Crippen LogP contribution in [-0.2, 0) is 9.53 Å². The smallest absolute Gasteiger partial charge is 0.417 e. The fraction of sp³-hybridized carbons (Fsp3) is 0.882. The van der Waals surface area contributed by atoms with Crippen molar-refractivity contribution in [1.29, 1.82) is 0 Å². The van der Waals surface area contributed by atoms with Crippen LogP contribution >= 0.6 is 0 Å². The maximum Gasteiger partial charge on any atom is 0.417 e. The van der Waals surface area contributed by atoms with Crippen molar-refractivity contribution in [2.24, 2.45) is 0 Å². The third kappa shape index (κ3) is 4.00. The lowest BCUT2D eigenvalue weighted by molar-refractivity contribution is -0.132. The molecule has 0 aliphatic carbocycles. The van der Waals surface area contributed by atoms with Crippen LogP contribution in [0, 0.1) is 0 Å². The number of hydrogen-bond acceptors (Lipinski definition) is 4. The van der Waals surface area contributed by atoms with Crippen LogP contribution in [0.3, 0.4) is 0 Å². The summed E-state index contributed by atoms with van der Waals surface area (Å²) in [6.07, 6.45) is 1.38. The number of carbonyl (C=O) groups is 2. The molecule has 0 spiro atoms. The van der Waals surface area contributed by atoms with E-state index in [4.69, 9.17) is 4.74 Å². The topological polar surface area (TPSA) is 58.6 Å². The van der Waals surface area contributed by atoms with Gasteiger partial charge in [0.25, 0.3) is 0 Å². The minimum Gasteiger partial charge on any atom is -0.443 e. The number of rotatable bonds is 2. The SMILES string of the molecule is CCC1(C)CC(=O)N(C(=O)OC(C)(C)C)C(C)C(C)(CC)N1. The molecule has 2 amide bonds. The van der Waals surface area contributed by atoms with Crippen molar-refractivity contribution in [2.75, 3.05) is 0 Å². The van der Waals surface area contributed by atoms with E-state index >= 15 is 0 Å². The van der Waals surface area contributed by atoms with Gasteiger partial charge < -0.3 is 10.1 Å². The van der Waals surface area contributed by atoms with Crippen LogP contribution in [-0.4, -0.2) is 39.6 Å². The van der Waals surface area contributed by atoms with Crippen LogP contribution < -0.4 is 5.32 Å². The second-order valence-corrected chi connectivity index (χ2v) is 7.91. The normalized spacial score (nSPS) is 33.5. The van der Waals surface area contributed by atoms with E-state index in [0.29, 0.717) is 6.42 Å². The molecule has 1 aliphatic rings. The van der Waals surface area contributed by atoms with Crippen molar-refractivity contribution in [3.05, 3.63) is 0 Å². The lowest BCUT2D eigenvalue weighted by Gasteiger charge is -2.42. The van der Waals surface area contributed by atoms with E-state index in [-0.39, 0.29) is 23.0 Å². The summed E-state index contributed by atoms with van der Waals surface area (Å²) in [6.45, 7) is 15.6. The average Bonchev–Trinajstić information content (AvgIpc) is 2.42. The van der Waals surface area contributed by atoms with Crippen molar-refractivity contribution in [3.63, 3.8) is 0 Å². The van der Waals surface area contributed by atoms with Crippen molar-refractivity contribution < 1.29 is 14.3 Å². The monoisotopic (exact) mass is 312 g/mol. The quantitative estimate of drug-likeness (QED) is 0.848. The van der Waals surface area contributed by atoms with Crippen molar-refractivity contribution >= 4 is 12.0 Å². The lowest BCUT2D eigenvalue weighted by Crippen LogP contribution is -2.61. The fourth-order valence-electron chi connectivity index (χ4n) is 2.93. The molecule has 0 aromatic rings. The van der Waals surface area contributed by atoms with Gasteiger partial charge in [-0.15, -0.1) is 0 Å². The number of imide groups is 1. The molecule has 3 unspecified atom stereocenters. The Morgan fingerprint density at radius 1 is 1.32 bits per heavy atom. The fourth-order valence-corrected chi connectivity index (χ4v) is 2.93. The maximum absolute atomic E-state index is 12.7. The summed E-state index contributed by atoms with van der Waals surface area (Å²) in [4.78, 5) is 26.6. The molecule has 1 N–H and O–H groups in total. The van der Waals surface area contributed by atoms with Gasteiger partial charge in [-0.25, -0.2) is 9.69 Å². The predicted octanol–water partition coefficient (Wildman–Crippen LogP) is 3.47. The van der Waals surface area contributed by atoms with E-state index in [1.54, 1.807) is 0 Å². The zero-order valence-electron chi connectivity index (χ0n) is 15.4. The number of hydrogen-bond donors (Lipinski definition) is 1. The van der Waals surface area contributed by atoms with E-state index in [9.17, 15) is 9.59 Å². The first-order chi connectivity index (χ1) is 9.87. The molecular formula is C17H32N2O3. The molecule has 1 aliphatic heterocycles. The van der Waals surface area contributed by atoms with Crippen molar-refractivity contribution in [1.82, 2.24) is 10.2 Å². The Morgan fingerprint density at radius 3 is 2.27 bits per heavy atom. The second kappa shape index (κ2) is 6.19. The Bertz CT molecular complexity index is 444. The third-order valence-corrected chi connectivity index (χ3v) is 4.81. The molecule has 3 atom stereocenters. The zero-order valence-corrected chi connectivity index (χ0v) is 15.4. The van der Waals surface area contributed by atoms with Crippen LogP contribution in [0.5, 0.6) is 0 Å².